The molecule has 1 aliphatic rings. The fourth-order valence-electron chi connectivity index (χ4n) is 2.50. The second kappa shape index (κ2) is 3.75. The average molecular weight is 237 g/mol. The molecule has 1 fully saturated rings. The summed E-state index contributed by atoms with van der Waals surface area (Å²) >= 11 is 0. The number of esters is 1. The molecule has 0 aromatic carbocycles. The molecule has 94 valence electrons. The molecule has 1 aromatic rings. The van der Waals surface area contributed by atoms with E-state index in [0.29, 0.717) is 11.7 Å². The van der Waals surface area contributed by atoms with E-state index in [0.717, 1.165) is 5.82 Å². The van der Waals surface area contributed by atoms with E-state index in [9.17, 15) is 4.79 Å². The number of ether oxygens (including phenoxy) is 1. The van der Waals surface area contributed by atoms with E-state index in [1.54, 1.807) is 0 Å². The summed E-state index contributed by atoms with van der Waals surface area (Å²) in [5.41, 5.74) is 6.16. The van der Waals surface area contributed by atoms with Crippen molar-refractivity contribution in [2.45, 2.75) is 39.2 Å². The first-order valence-corrected chi connectivity index (χ1v) is 5.83. The van der Waals surface area contributed by atoms with Crippen LogP contribution in [0.15, 0.2) is 0 Å². The highest BCUT2D eigenvalue weighted by Gasteiger charge is 2.41. The summed E-state index contributed by atoms with van der Waals surface area (Å²) in [6.07, 6.45) is 2.41. The van der Waals surface area contributed by atoms with Gasteiger partial charge in [0.15, 0.2) is 5.69 Å². The zero-order valence-corrected chi connectivity index (χ0v) is 10.8. The second-order valence-corrected chi connectivity index (χ2v) is 5.15. The number of aromatic nitrogens is 2. The van der Waals surface area contributed by atoms with Crippen molar-refractivity contribution in [1.29, 1.82) is 0 Å². The number of nitrogen functional groups attached to an aromatic ring is 1. The molecular weight excluding hydrogens is 218 g/mol. The Bertz CT molecular complexity index is 459. The number of rotatable bonds is 3. The van der Waals surface area contributed by atoms with Crippen LogP contribution in [0, 0.1) is 12.8 Å². The lowest BCUT2D eigenvalue weighted by molar-refractivity contribution is 0.0595. The molecule has 1 saturated carbocycles. The number of imidazole rings is 1. The molecule has 5 nitrogen and oxygen atoms in total. The molecule has 0 radical (unpaired) electrons. The van der Waals surface area contributed by atoms with Gasteiger partial charge in [-0.1, -0.05) is 0 Å². The number of hydrogen-bond donors (Lipinski definition) is 1. The average Bonchev–Trinajstić information content (AvgIpc) is 3.04. The van der Waals surface area contributed by atoms with Crippen molar-refractivity contribution in [3.63, 3.8) is 0 Å². The molecule has 2 N–H and O–H groups in total. The lowest BCUT2D eigenvalue weighted by Crippen LogP contribution is -2.31. The zero-order valence-electron chi connectivity index (χ0n) is 10.8. The Kier molecular flexibility index (Phi) is 2.64. The van der Waals surface area contributed by atoms with Gasteiger partial charge in [0.1, 0.15) is 11.6 Å². The Morgan fingerprint density at radius 2 is 2.12 bits per heavy atom. The number of carbonyl (C=O) groups is 1. The van der Waals surface area contributed by atoms with Gasteiger partial charge < -0.3 is 15.0 Å². The molecule has 17 heavy (non-hydrogen) atoms. The van der Waals surface area contributed by atoms with Gasteiger partial charge in [-0.15, -0.1) is 0 Å². The zero-order chi connectivity index (χ0) is 12.8. The van der Waals surface area contributed by atoms with E-state index in [2.05, 4.69) is 23.6 Å². The Labute approximate surface area is 101 Å². The van der Waals surface area contributed by atoms with E-state index in [1.807, 2.05) is 11.5 Å². The van der Waals surface area contributed by atoms with Crippen LogP contribution in [-0.4, -0.2) is 22.6 Å². The highest BCUT2D eigenvalue weighted by atomic mass is 16.5. The predicted molar refractivity (Wildman–Crippen MR) is 64.8 cm³/mol. The van der Waals surface area contributed by atoms with Gasteiger partial charge in [-0.2, -0.15) is 0 Å². The van der Waals surface area contributed by atoms with Gasteiger partial charge >= 0.3 is 5.97 Å². The normalized spacial score (nSPS) is 16.0. The first-order valence-electron chi connectivity index (χ1n) is 5.83. The monoisotopic (exact) mass is 237 g/mol. The largest absolute Gasteiger partial charge is 0.464 e. The van der Waals surface area contributed by atoms with Crippen molar-refractivity contribution in [1.82, 2.24) is 9.55 Å². The van der Waals surface area contributed by atoms with Crippen molar-refractivity contribution in [3.05, 3.63) is 11.5 Å². The Balaban J connectivity index is 2.48. The van der Waals surface area contributed by atoms with Crippen LogP contribution in [0.2, 0.25) is 0 Å². The molecule has 5 heteroatoms. The van der Waals surface area contributed by atoms with Gasteiger partial charge in [0, 0.05) is 5.54 Å². The summed E-state index contributed by atoms with van der Waals surface area (Å²) in [4.78, 5) is 15.8. The smallest absolute Gasteiger partial charge is 0.360 e. The minimum absolute atomic E-state index is 0.0898. The molecule has 0 spiro atoms. The van der Waals surface area contributed by atoms with Gasteiger partial charge in [0.25, 0.3) is 0 Å². The lowest BCUT2D eigenvalue weighted by Gasteiger charge is -2.29. The molecule has 0 bridgehead atoms. The van der Waals surface area contributed by atoms with E-state index < -0.39 is 5.97 Å². The second-order valence-electron chi connectivity index (χ2n) is 5.15. The molecule has 0 unspecified atom stereocenters. The molecule has 2 rings (SSSR count). The molecule has 0 amide bonds. The standard InChI is InChI=1S/C12H19N3O2/c1-7-14-9(11(16)17-4)10(13)15(7)12(2,3)8-5-6-8/h8H,5-6,13H2,1-4H3. The number of nitrogens with two attached hydrogens (primary N) is 1. The van der Waals surface area contributed by atoms with E-state index in [4.69, 9.17) is 5.73 Å². The predicted octanol–water partition coefficient (Wildman–Crippen LogP) is 1.71. The number of hydrogen-bond acceptors (Lipinski definition) is 4. The maximum atomic E-state index is 11.5. The topological polar surface area (TPSA) is 70.1 Å². The van der Waals surface area contributed by atoms with Crippen molar-refractivity contribution >= 4 is 11.8 Å². The van der Waals surface area contributed by atoms with E-state index in [-0.39, 0.29) is 11.2 Å². The summed E-state index contributed by atoms with van der Waals surface area (Å²) < 4.78 is 6.63. The minimum atomic E-state index is -0.476. The van der Waals surface area contributed by atoms with Gasteiger partial charge in [-0.05, 0) is 39.5 Å². The van der Waals surface area contributed by atoms with Crippen LogP contribution in [0.4, 0.5) is 5.82 Å². The molecule has 1 aromatic heterocycles. The van der Waals surface area contributed by atoms with Crippen molar-refractivity contribution in [2.24, 2.45) is 5.92 Å². The van der Waals surface area contributed by atoms with Crippen LogP contribution in [0.5, 0.6) is 0 Å². The molecule has 1 heterocycles. The molecule has 0 atom stereocenters. The van der Waals surface area contributed by atoms with E-state index in [1.165, 1.54) is 20.0 Å². The first-order chi connectivity index (χ1) is 7.89. The molecule has 1 aliphatic carbocycles. The summed E-state index contributed by atoms with van der Waals surface area (Å²) in [5, 5.41) is 0. The third-order valence-electron chi connectivity index (χ3n) is 3.61. The maximum Gasteiger partial charge on any atom is 0.360 e. The third-order valence-corrected chi connectivity index (χ3v) is 3.61. The number of nitrogens with zero attached hydrogens (tertiary/aromatic N) is 2. The molecular formula is C12H19N3O2. The quantitative estimate of drug-likeness (QED) is 0.812. The lowest BCUT2D eigenvalue weighted by atomic mass is 9.98. The van der Waals surface area contributed by atoms with Crippen LogP contribution < -0.4 is 5.73 Å². The van der Waals surface area contributed by atoms with Gasteiger partial charge in [0.05, 0.1) is 7.11 Å². The minimum Gasteiger partial charge on any atom is -0.464 e. The summed E-state index contributed by atoms with van der Waals surface area (Å²) in [7, 11) is 1.34. The van der Waals surface area contributed by atoms with Crippen molar-refractivity contribution in [3.8, 4) is 0 Å². The maximum absolute atomic E-state index is 11.5. The van der Waals surface area contributed by atoms with Crippen molar-refractivity contribution < 1.29 is 9.53 Å². The van der Waals surface area contributed by atoms with Crippen LogP contribution in [0.3, 0.4) is 0 Å². The Hall–Kier alpha value is -1.52. The van der Waals surface area contributed by atoms with Crippen LogP contribution in [0.1, 0.15) is 43.0 Å². The number of carbonyl (C=O) groups excluding carboxylic acids is 1. The molecule has 0 saturated heterocycles. The van der Waals surface area contributed by atoms with Gasteiger partial charge in [-0.25, -0.2) is 9.78 Å². The SMILES string of the molecule is COC(=O)c1nc(C)n(C(C)(C)C2CC2)c1N. The fourth-order valence-corrected chi connectivity index (χ4v) is 2.50. The fraction of sp³-hybridized carbons (Fsp3) is 0.667. The van der Waals surface area contributed by atoms with E-state index >= 15 is 0 Å². The molecule has 0 aliphatic heterocycles. The van der Waals surface area contributed by atoms with Crippen LogP contribution in [-0.2, 0) is 10.3 Å². The van der Waals surface area contributed by atoms with Gasteiger partial charge in [-0.3, -0.25) is 0 Å². The number of methoxy groups -OCH3 is 1. The van der Waals surface area contributed by atoms with Gasteiger partial charge in [0.2, 0.25) is 0 Å². The van der Waals surface area contributed by atoms with Crippen LogP contribution >= 0.6 is 0 Å². The summed E-state index contributed by atoms with van der Waals surface area (Å²) in [5.74, 6) is 1.31. The highest BCUT2D eigenvalue weighted by Crippen LogP contribution is 2.45. The Morgan fingerprint density at radius 3 is 2.59 bits per heavy atom. The first kappa shape index (κ1) is 12.0. The highest BCUT2D eigenvalue weighted by molar-refractivity contribution is 5.92. The number of aryl methyl sites for hydroxylation is 1. The third kappa shape index (κ3) is 1.79. The van der Waals surface area contributed by atoms with Crippen LogP contribution in [0.25, 0.3) is 0 Å². The number of anilines is 1. The summed E-state index contributed by atoms with van der Waals surface area (Å²) in [6, 6.07) is 0. The summed E-state index contributed by atoms with van der Waals surface area (Å²) in [6.45, 7) is 6.14. The van der Waals surface area contributed by atoms with Crippen molar-refractivity contribution in [2.75, 3.05) is 12.8 Å². The Morgan fingerprint density at radius 1 is 1.53 bits per heavy atom.